The predicted molar refractivity (Wildman–Crippen MR) is 91.8 cm³/mol. The zero-order valence-electron chi connectivity index (χ0n) is 13.3. The van der Waals surface area contributed by atoms with Crippen LogP contribution in [0, 0.1) is 0 Å². The highest BCUT2D eigenvalue weighted by Gasteiger charge is 2.25. The van der Waals surface area contributed by atoms with Crippen LogP contribution in [0.1, 0.15) is 28.0 Å². The number of rotatable bonds is 5. The lowest BCUT2D eigenvalue weighted by Crippen LogP contribution is -2.45. The number of piperidine rings is 1. The van der Waals surface area contributed by atoms with Crippen LogP contribution >= 0.6 is 0 Å². The molecule has 1 saturated heterocycles. The standard InChI is InChI=1S/C18H21FN4O/c19-15-11-21-7-6-16(15)23-17-9-13(22-10-14(17)18(20)24)8-12-4-2-1-3-5-12/h1-5,9-10,15-16,21H,6-8,11H2,(H2,20,24)(H,22,23)/t15-,16+/m0/s1. The summed E-state index contributed by atoms with van der Waals surface area (Å²) in [5, 5.41) is 6.16. The monoisotopic (exact) mass is 328 g/mol. The van der Waals surface area contributed by atoms with Gasteiger partial charge in [0, 0.05) is 24.9 Å². The molecule has 0 bridgehead atoms. The highest BCUT2D eigenvalue weighted by molar-refractivity contribution is 5.98. The molecule has 1 aromatic heterocycles. The van der Waals surface area contributed by atoms with Crippen molar-refractivity contribution in [3.05, 3.63) is 59.4 Å². The smallest absolute Gasteiger partial charge is 0.252 e. The highest BCUT2D eigenvalue weighted by Crippen LogP contribution is 2.21. The van der Waals surface area contributed by atoms with E-state index in [1.807, 2.05) is 30.3 Å². The molecule has 6 heteroatoms. The Morgan fingerprint density at radius 1 is 1.38 bits per heavy atom. The summed E-state index contributed by atoms with van der Waals surface area (Å²) in [5.41, 5.74) is 8.20. The second kappa shape index (κ2) is 7.40. The van der Waals surface area contributed by atoms with Crippen molar-refractivity contribution in [2.45, 2.75) is 25.1 Å². The van der Waals surface area contributed by atoms with Crippen molar-refractivity contribution in [2.75, 3.05) is 18.4 Å². The fourth-order valence-electron chi connectivity index (χ4n) is 2.90. The normalized spacial score (nSPS) is 20.5. The van der Waals surface area contributed by atoms with E-state index in [1.54, 1.807) is 6.07 Å². The first kappa shape index (κ1) is 16.4. The van der Waals surface area contributed by atoms with Crippen LogP contribution in [0.5, 0.6) is 0 Å². The number of carbonyl (C=O) groups excluding carboxylic acids is 1. The molecule has 1 aliphatic rings. The lowest BCUT2D eigenvalue weighted by Gasteiger charge is -2.29. The van der Waals surface area contributed by atoms with E-state index in [0.717, 1.165) is 17.8 Å². The van der Waals surface area contributed by atoms with E-state index >= 15 is 0 Å². The molecule has 24 heavy (non-hydrogen) atoms. The number of hydrogen-bond donors (Lipinski definition) is 3. The van der Waals surface area contributed by atoms with Crippen molar-refractivity contribution in [1.29, 1.82) is 0 Å². The van der Waals surface area contributed by atoms with Gasteiger partial charge in [-0.2, -0.15) is 0 Å². The van der Waals surface area contributed by atoms with E-state index in [9.17, 15) is 9.18 Å². The lowest BCUT2D eigenvalue weighted by molar-refractivity contribution is 0.100. The summed E-state index contributed by atoms with van der Waals surface area (Å²) in [6.07, 6.45) is 1.75. The Bertz CT molecular complexity index is 707. The average molecular weight is 328 g/mol. The van der Waals surface area contributed by atoms with Crippen molar-refractivity contribution < 1.29 is 9.18 Å². The molecule has 1 aromatic carbocycles. The summed E-state index contributed by atoms with van der Waals surface area (Å²) in [6.45, 7) is 1.05. The minimum Gasteiger partial charge on any atom is -0.379 e. The Hall–Kier alpha value is -2.47. The van der Waals surface area contributed by atoms with E-state index in [0.29, 0.717) is 25.1 Å². The molecule has 0 unspecified atom stereocenters. The Labute approximate surface area is 140 Å². The van der Waals surface area contributed by atoms with E-state index in [2.05, 4.69) is 15.6 Å². The number of alkyl halides is 1. The van der Waals surface area contributed by atoms with Crippen molar-refractivity contribution in [3.8, 4) is 0 Å². The number of halogens is 1. The lowest BCUT2D eigenvalue weighted by atomic mass is 10.0. The van der Waals surface area contributed by atoms with Crippen molar-refractivity contribution >= 4 is 11.6 Å². The average Bonchev–Trinajstić information content (AvgIpc) is 2.58. The number of nitrogens with zero attached hydrogens (tertiary/aromatic N) is 1. The molecule has 2 atom stereocenters. The molecule has 3 rings (SSSR count). The summed E-state index contributed by atoms with van der Waals surface area (Å²) >= 11 is 0. The fourth-order valence-corrected chi connectivity index (χ4v) is 2.90. The summed E-state index contributed by atoms with van der Waals surface area (Å²) in [6, 6.07) is 11.4. The molecule has 126 valence electrons. The van der Waals surface area contributed by atoms with E-state index in [1.165, 1.54) is 6.20 Å². The van der Waals surface area contributed by atoms with Gasteiger partial charge in [-0.05, 0) is 24.6 Å². The molecule has 0 saturated carbocycles. The number of pyridine rings is 1. The second-order valence-electron chi connectivity index (χ2n) is 6.01. The fraction of sp³-hybridized carbons (Fsp3) is 0.333. The number of hydrogen-bond acceptors (Lipinski definition) is 4. The van der Waals surface area contributed by atoms with Gasteiger partial charge in [0.05, 0.1) is 17.3 Å². The topological polar surface area (TPSA) is 80.0 Å². The SMILES string of the molecule is NC(=O)c1cnc(Cc2ccccc2)cc1N[C@@H]1CCNC[C@@H]1F. The first-order chi connectivity index (χ1) is 11.6. The van der Waals surface area contributed by atoms with Crippen LogP contribution in [-0.4, -0.2) is 36.2 Å². The first-order valence-corrected chi connectivity index (χ1v) is 8.07. The quantitative estimate of drug-likeness (QED) is 0.783. The van der Waals surface area contributed by atoms with Gasteiger partial charge in [0.25, 0.3) is 5.91 Å². The molecule has 1 fully saturated rings. The van der Waals surface area contributed by atoms with Crippen molar-refractivity contribution in [1.82, 2.24) is 10.3 Å². The Kier molecular flexibility index (Phi) is 5.05. The number of nitrogens with two attached hydrogens (primary N) is 1. The van der Waals surface area contributed by atoms with Gasteiger partial charge in [0.1, 0.15) is 6.17 Å². The molecule has 5 nitrogen and oxygen atoms in total. The number of amides is 1. The van der Waals surface area contributed by atoms with Crippen LogP contribution in [0.4, 0.5) is 10.1 Å². The van der Waals surface area contributed by atoms with Gasteiger partial charge in [-0.15, -0.1) is 0 Å². The van der Waals surface area contributed by atoms with Gasteiger partial charge >= 0.3 is 0 Å². The van der Waals surface area contributed by atoms with E-state index < -0.39 is 12.1 Å². The number of benzene rings is 1. The molecule has 1 amide bonds. The van der Waals surface area contributed by atoms with Gasteiger partial charge in [-0.25, -0.2) is 4.39 Å². The third kappa shape index (κ3) is 3.89. The summed E-state index contributed by atoms with van der Waals surface area (Å²) in [5.74, 6) is -0.569. The van der Waals surface area contributed by atoms with Crippen LogP contribution in [-0.2, 0) is 6.42 Å². The zero-order valence-corrected chi connectivity index (χ0v) is 13.3. The Morgan fingerprint density at radius 2 is 2.17 bits per heavy atom. The first-order valence-electron chi connectivity index (χ1n) is 8.07. The van der Waals surface area contributed by atoms with E-state index in [4.69, 9.17) is 5.73 Å². The minimum atomic E-state index is -1.01. The van der Waals surface area contributed by atoms with Gasteiger partial charge in [0.2, 0.25) is 0 Å². The molecule has 0 spiro atoms. The van der Waals surface area contributed by atoms with E-state index in [-0.39, 0.29) is 11.6 Å². The van der Waals surface area contributed by atoms with Crippen LogP contribution < -0.4 is 16.4 Å². The van der Waals surface area contributed by atoms with Gasteiger partial charge in [-0.1, -0.05) is 30.3 Å². The van der Waals surface area contributed by atoms with Crippen LogP contribution in [0.3, 0.4) is 0 Å². The van der Waals surface area contributed by atoms with Crippen LogP contribution in [0.15, 0.2) is 42.6 Å². The third-order valence-electron chi connectivity index (χ3n) is 4.20. The maximum absolute atomic E-state index is 14.1. The Balaban J connectivity index is 1.84. The molecule has 0 aliphatic carbocycles. The third-order valence-corrected chi connectivity index (χ3v) is 4.20. The predicted octanol–water partition coefficient (Wildman–Crippen LogP) is 1.88. The molecular weight excluding hydrogens is 307 g/mol. The van der Waals surface area contributed by atoms with Crippen LogP contribution in [0.2, 0.25) is 0 Å². The summed E-state index contributed by atoms with van der Waals surface area (Å²) < 4.78 is 14.1. The number of aromatic nitrogens is 1. The van der Waals surface area contributed by atoms with Crippen molar-refractivity contribution in [2.24, 2.45) is 5.73 Å². The number of primary amides is 1. The molecule has 2 heterocycles. The molecule has 2 aromatic rings. The largest absolute Gasteiger partial charge is 0.379 e. The van der Waals surface area contributed by atoms with Crippen LogP contribution in [0.25, 0.3) is 0 Å². The number of carbonyl (C=O) groups is 1. The second-order valence-corrected chi connectivity index (χ2v) is 6.01. The maximum atomic E-state index is 14.1. The molecule has 0 radical (unpaired) electrons. The van der Waals surface area contributed by atoms with Gasteiger partial charge < -0.3 is 16.4 Å². The zero-order chi connectivity index (χ0) is 16.9. The number of anilines is 1. The molecule has 4 N–H and O–H groups in total. The molecular formula is C18H21FN4O. The van der Waals surface area contributed by atoms with Gasteiger partial charge in [-0.3, -0.25) is 9.78 Å². The highest BCUT2D eigenvalue weighted by atomic mass is 19.1. The maximum Gasteiger partial charge on any atom is 0.252 e. The minimum absolute atomic E-state index is 0.289. The van der Waals surface area contributed by atoms with Gasteiger partial charge in [0.15, 0.2) is 0 Å². The molecule has 1 aliphatic heterocycles. The number of nitrogens with one attached hydrogen (secondary N) is 2. The summed E-state index contributed by atoms with van der Waals surface area (Å²) in [4.78, 5) is 16.0. The summed E-state index contributed by atoms with van der Waals surface area (Å²) in [7, 11) is 0. The Morgan fingerprint density at radius 3 is 2.88 bits per heavy atom. The van der Waals surface area contributed by atoms with Crippen molar-refractivity contribution in [3.63, 3.8) is 0 Å².